The molecule has 0 aliphatic heterocycles. The molecule has 3 amide bonds. The molecule has 0 aliphatic carbocycles. The van der Waals surface area contributed by atoms with Gasteiger partial charge in [0.25, 0.3) is 0 Å². The first-order chi connectivity index (χ1) is 18.6. The van der Waals surface area contributed by atoms with Crippen LogP contribution in [0.2, 0.25) is 0 Å². The van der Waals surface area contributed by atoms with E-state index in [1.807, 2.05) is 51.1 Å². The fourth-order valence-electron chi connectivity index (χ4n) is 4.04. The van der Waals surface area contributed by atoms with Crippen LogP contribution in [0.25, 0.3) is 0 Å². The zero-order valence-electron chi connectivity index (χ0n) is 23.3. The zero-order chi connectivity index (χ0) is 28.4. The summed E-state index contributed by atoms with van der Waals surface area (Å²) in [5.74, 6) is 0.560. The minimum Gasteiger partial charge on any atom is -0.497 e. The Hall–Kier alpha value is -4.14. The summed E-state index contributed by atoms with van der Waals surface area (Å²) >= 11 is 0. The molecule has 3 rings (SSSR count). The number of methoxy groups -OCH3 is 1. The first kappa shape index (κ1) is 29.4. The monoisotopic (exact) mass is 534 g/mol. The van der Waals surface area contributed by atoms with E-state index in [-0.39, 0.29) is 30.6 Å². The highest BCUT2D eigenvalue weighted by Gasteiger charge is 2.33. The number of ether oxygens (including phenoxy) is 1. The maximum absolute atomic E-state index is 13.8. The molecule has 1 atom stereocenters. The number of anilines is 1. The van der Waals surface area contributed by atoms with E-state index in [9.17, 15) is 14.4 Å². The molecule has 0 fully saturated rings. The highest BCUT2D eigenvalue weighted by molar-refractivity contribution is 5.94. The van der Waals surface area contributed by atoms with E-state index in [0.717, 1.165) is 5.56 Å². The minimum atomic E-state index is -0.890. The molecule has 2 N–H and O–H groups in total. The third-order valence-corrected chi connectivity index (χ3v) is 6.60. The molecular formula is C30H38N4O5. The second-order valence-corrected chi connectivity index (χ2v) is 10.1. The van der Waals surface area contributed by atoms with Gasteiger partial charge in [0.15, 0.2) is 5.82 Å². The molecule has 0 bridgehead atoms. The van der Waals surface area contributed by atoms with Crippen molar-refractivity contribution in [2.75, 3.05) is 19.0 Å². The largest absolute Gasteiger partial charge is 0.497 e. The van der Waals surface area contributed by atoms with Crippen LogP contribution in [0.3, 0.4) is 0 Å². The number of carbonyl (C=O) groups excluding carboxylic acids is 3. The first-order valence-electron chi connectivity index (χ1n) is 13.1. The molecule has 0 radical (unpaired) electrons. The first-order valence-corrected chi connectivity index (χ1v) is 13.1. The molecule has 1 heterocycles. The van der Waals surface area contributed by atoms with E-state index in [0.29, 0.717) is 42.3 Å². The molecule has 39 heavy (non-hydrogen) atoms. The lowest BCUT2D eigenvalue weighted by atomic mass is 9.98. The van der Waals surface area contributed by atoms with E-state index in [4.69, 9.17) is 9.26 Å². The normalized spacial score (nSPS) is 11.9. The third kappa shape index (κ3) is 8.70. The minimum absolute atomic E-state index is 0.0655. The van der Waals surface area contributed by atoms with E-state index < -0.39 is 11.6 Å². The van der Waals surface area contributed by atoms with Gasteiger partial charge >= 0.3 is 0 Å². The summed E-state index contributed by atoms with van der Waals surface area (Å²) in [6.07, 6.45) is 1.13. The molecule has 2 aromatic carbocycles. The number of nitrogens with zero attached hydrogens (tertiary/aromatic N) is 2. The fourth-order valence-corrected chi connectivity index (χ4v) is 4.04. The Balaban J connectivity index is 1.88. The van der Waals surface area contributed by atoms with Crippen LogP contribution in [0.15, 0.2) is 65.2 Å². The van der Waals surface area contributed by atoms with Crippen molar-refractivity contribution in [3.63, 3.8) is 0 Å². The average molecular weight is 535 g/mol. The Kier molecular flexibility index (Phi) is 10.3. The molecule has 0 unspecified atom stereocenters. The van der Waals surface area contributed by atoms with Gasteiger partial charge in [0, 0.05) is 31.0 Å². The summed E-state index contributed by atoms with van der Waals surface area (Å²) < 4.78 is 10.3. The van der Waals surface area contributed by atoms with Crippen molar-refractivity contribution in [2.45, 2.75) is 65.0 Å². The van der Waals surface area contributed by atoms with Gasteiger partial charge in [0.2, 0.25) is 17.7 Å². The van der Waals surface area contributed by atoms with E-state index in [1.165, 1.54) is 0 Å². The van der Waals surface area contributed by atoms with Crippen LogP contribution in [-0.2, 0) is 20.8 Å². The number of aromatic nitrogens is 1. The Morgan fingerprint density at radius 3 is 2.33 bits per heavy atom. The highest BCUT2D eigenvalue weighted by atomic mass is 16.5. The third-order valence-electron chi connectivity index (χ3n) is 6.60. The predicted octanol–water partition coefficient (Wildman–Crippen LogP) is 4.83. The average Bonchev–Trinajstić information content (AvgIpc) is 3.34. The van der Waals surface area contributed by atoms with Crippen molar-refractivity contribution in [1.82, 2.24) is 15.4 Å². The zero-order valence-corrected chi connectivity index (χ0v) is 23.3. The Morgan fingerprint density at radius 2 is 1.74 bits per heavy atom. The van der Waals surface area contributed by atoms with Crippen molar-refractivity contribution in [1.29, 1.82) is 0 Å². The Labute approximate surface area is 229 Å². The lowest BCUT2D eigenvalue weighted by molar-refractivity contribution is -0.142. The molecule has 0 spiro atoms. The molecule has 3 aromatic rings. The van der Waals surface area contributed by atoms with Crippen molar-refractivity contribution in [2.24, 2.45) is 0 Å². The number of amides is 3. The van der Waals surface area contributed by atoms with E-state index in [1.54, 1.807) is 49.3 Å². The topological polar surface area (TPSA) is 114 Å². The van der Waals surface area contributed by atoms with Gasteiger partial charge in [0.1, 0.15) is 17.6 Å². The second-order valence-electron chi connectivity index (χ2n) is 10.1. The molecular weight excluding hydrogens is 496 g/mol. The smallest absolute Gasteiger partial charge is 0.247 e. The van der Waals surface area contributed by atoms with Crippen LogP contribution in [0.5, 0.6) is 5.75 Å². The fraction of sp³-hybridized carbons (Fsp3) is 0.400. The van der Waals surface area contributed by atoms with Crippen LogP contribution in [0.4, 0.5) is 5.82 Å². The maximum Gasteiger partial charge on any atom is 0.247 e. The van der Waals surface area contributed by atoms with Gasteiger partial charge in [-0.2, -0.15) is 0 Å². The highest BCUT2D eigenvalue weighted by Crippen LogP contribution is 2.27. The van der Waals surface area contributed by atoms with Crippen LogP contribution in [0, 0.1) is 6.92 Å². The Bertz CT molecular complexity index is 1240. The standard InChI is InChI=1S/C30H38N4O5/c1-6-30(3,4)32-29(37)28(23-12-14-24(38-5)15-13-23)34(19-18-22-10-8-7-9-11-22)27(36)17-16-26(35)31-25-20-21(2)39-33-25/h7-15,20,28H,6,16-19H2,1-5H3,(H,32,37)(H,31,33,35)/t28-/m1/s1. The van der Waals surface area contributed by atoms with Crippen LogP contribution in [-0.4, -0.2) is 47.0 Å². The van der Waals surface area contributed by atoms with Gasteiger partial charge in [-0.15, -0.1) is 0 Å². The molecule has 0 saturated heterocycles. The van der Waals surface area contributed by atoms with Crippen molar-refractivity contribution in [3.8, 4) is 5.75 Å². The van der Waals surface area contributed by atoms with Gasteiger partial charge in [0.05, 0.1) is 7.11 Å². The molecule has 9 nitrogen and oxygen atoms in total. The Morgan fingerprint density at radius 1 is 1.05 bits per heavy atom. The number of hydrogen-bond donors (Lipinski definition) is 2. The summed E-state index contributed by atoms with van der Waals surface area (Å²) in [6.45, 7) is 7.91. The summed E-state index contributed by atoms with van der Waals surface area (Å²) in [6, 6.07) is 17.6. The lowest BCUT2D eigenvalue weighted by Crippen LogP contribution is -2.50. The van der Waals surface area contributed by atoms with E-state index >= 15 is 0 Å². The molecule has 208 valence electrons. The quantitative estimate of drug-likeness (QED) is 0.325. The van der Waals surface area contributed by atoms with Crippen molar-refractivity contribution in [3.05, 3.63) is 77.6 Å². The lowest BCUT2D eigenvalue weighted by Gasteiger charge is -2.35. The number of rotatable bonds is 13. The van der Waals surface area contributed by atoms with Gasteiger partial charge in [-0.25, -0.2) is 0 Å². The summed E-state index contributed by atoms with van der Waals surface area (Å²) in [5.41, 5.74) is 1.23. The van der Waals surface area contributed by atoms with Gasteiger partial charge in [-0.1, -0.05) is 54.5 Å². The SMILES string of the molecule is CCC(C)(C)NC(=O)[C@@H](c1ccc(OC)cc1)N(CCc1ccccc1)C(=O)CCC(=O)Nc1cc(C)on1. The van der Waals surface area contributed by atoms with Crippen molar-refractivity contribution < 1.29 is 23.6 Å². The molecule has 1 aromatic heterocycles. The van der Waals surface area contributed by atoms with Crippen molar-refractivity contribution >= 4 is 23.5 Å². The van der Waals surface area contributed by atoms with E-state index in [2.05, 4.69) is 15.8 Å². The van der Waals surface area contributed by atoms with Crippen LogP contribution in [0.1, 0.15) is 63.0 Å². The second kappa shape index (κ2) is 13.6. The van der Waals surface area contributed by atoms with Gasteiger partial charge in [-0.3, -0.25) is 14.4 Å². The van der Waals surface area contributed by atoms with Gasteiger partial charge < -0.3 is 24.8 Å². The predicted molar refractivity (Wildman–Crippen MR) is 149 cm³/mol. The summed E-state index contributed by atoms with van der Waals surface area (Å²) in [5, 5.41) is 9.51. The number of carbonyl (C=O) groups is 3. The summed E-state index contributed by atoms with van der Waals surface area (Å²) in [7, 11) is 1.57. The van der Waals surface area contributed by atoms with Crippen LogP contribution >= 0.6 is 0 Å². The molecule has 9 heteroatoms. The maximum atomic E-state index is 13.8. The number of aryl methyl sites for hydroxylation is 1. The summed E-state index contributed by atoms with van der Waals surface area (Å²) in [4.78, 5) is 41.6. The number of nitrogens with one attached hydrogen (secondary N) is 2. The number of benzene rings is 2. The number of hydrogen-bond acceptors (Lipinski definition) is 6. The van der Waals surface area contributed by atoms with Crippen LogP contribution < -0.4 is 15.4 Å². The molecule has 0 aliphatic rings. The molecule has 0 saturated carbocycles. The van der Waals surface area contributed by atoms with Gasteiger partial charge in [-0.05, 0) is 56.9 Å².